The second-order valence-corrected chi connectivity index (χ2v) is 13.7. The van der Waals surface area contributed by atoms with E-state index in [9.17, 15) is 14.8 Å². The second kappa shape index (κ2) is 13.7. The Morgan fingerprint density at radius 3 is 2.34 bits per heavy atom. The number of amides is 2. The first-order valence-electron chi connectivity index (χ1n) is 16.4. The van der Waals surface area contributed by atoms with Gasteiger partial charge in [-0.3, -0.25) is 24.6 Å². The highest BCUT2D eigenvalue weighted by Crippen LogP contribution is 2.44. The quantitative estimate of drug-likeness (QED) is 0.276. The maximum Gasteiger partial charge on any atom is 0.261 e. The fourth-order valence-corrected chi connectivity index (χ4v) is 7.49. The van der Waals surface area contributed by atoms with E-state index in [4.69, 9.17) is 26.1 Å². The number of rotatable bonds is 9. The van der Waals surface area contributed by atoms with Crippen LogP contribution < -0.4 is 19.3 Å². The molecule has 11 heteroatoms. The molecule has 1 N–H and O–H groups in total. The molecule has 47 heavy (non-hydrogen) atoms. The van der Waals surface area contributed by atoms with E-state index >= 15 is 0 Å². The van der Waals surface area contributed by atoms with Gasteiger partial charge in [-0.05, 0) is 105 Å². The summed E-state index contributed by atoms with van der Waals surface area (Å²) in [6.07, 6.45) is 5.79. The van der Waals surface area contributed by atoms with Crippen molar-refractivity contribution in [3.8, 4) is 11.5 Å². The van der Waals surface area contributed by atoms with Crippen molar-refractivity contribution < 1.29 is 24.3 Å². The molecule has 0 radical (unpaired) electrons. The van der Waals surface area contributed by atoms with Crippen LogP contribution in [0.4, 0.5) is 11.5 Å². The van der Waals surface area contributed by atoms with E-state index < -0.39 is 6.04 Å². The Morgan fingerprint density at radius 2 is 1.74 bits per heavy atom. The van der Waals surface area contributed by atoms with Crippen LogP contribution in [0.25, 0.3) is 0 Å². The monoisotopic (exact) mass is 661 g/mol. The molecule has 3 aliphatic rings. The summed E-state index contributed by atoms with van der Waals surface area (Å²) in [6, 6.07) is 15.4. The minimum Gasteiger partial charge on any atom is -0.493 e. The maximum atomic E-state index is 13.9. The van der Waals surface area contributed by atoms with Gasteiger partial charge < -0.3 is 14.4 Å². The van der Waals surface area contributed by atoms with Crippen LogP contribution in [0.5, 0.6) is 11.5 Å². The van der Waals surface area contributed by atoms with Gasteiger partial charge in [0.2, 0.25) is 5.91 Å². The molecule has 3 heterocycles. The summed E-state index contributed by atoms with van der Waals surface area (Å²) in [7, 11) is 3.67. The third kappa shape index (κ3) is 6.77. The molecule has 1 aromatic heterocycles. The minimum atomic E-state index is -0.406. The highest BCUT2D eigenvalue weighted by molar-refractivity contribution is 6.30. The molecule has 2 aliphatic heterocycles. The summed E-state index contributed by atoms with van der Waals surface area (Å²) < 4.78 is 11.8. The van der Waals surface area contributed by atoms with Crippen LogP contribution >= 0.6 is 11.6 Å². The van der Waals surface area contributed by atoms with Gasteiger partial charge in [0.1, 0.15) is 12.0 Å². The lowest BCUT2D eigenvalue weighted by Crippen LogP contribution is -2.44. The van der Waals surface area contributed by atoms with Crippen molar-refractivity contribution in [2.45, 2.75) is 77.2 Å². The normalized spacial score (nSPS) is 23.3. The van der Waals surface area contributed by atoms with E-state index in [0.717, 1.165) is 59.8 Å². The number of nitrogens with zero attached hydrogens (tertiary/aromatic N) is 5. The fraction of sp³-hybridized carbons (Fsp3) is 0.472. The van der Waals surface area contributed by atoms with Crippen LogP contribution in [0.2, 0.25) is 5.02 Å². The Hall–Kier alpha value is -3.86. The summed E-state index contributed by atoms with van der Waals surface area (Å²) in [5.41, 5.74) is 3.52. The van der Waals surface area contributed by atoms with Gasteiger partial charge in [-0.2, -0.15) is 0 Å². The van der Waals surface area contributed by atoms with E-state index in [1.807, 2.05) is 74.2 Å². The number of aromatic nitrogens is 1. The Labute approximate surface area is 281 Å². The number of ether oxygens (including phenoxy) is 2. The molecule has 0 spiro atoms. The number of carbonyl (C=O) groups excluding carboxylic acids is 2. The number of carbonyl (C=O) groups is 2. The number of hydroxylamine groups is 2. The average Bonchev–Trinajstić information content (AvgIpc) is 3.31. The number of fused-ring (bicyclic) bond motifs is 1. The third-order valence-electron chi connectivity index (χ3n) is 9.76. The van der Waals surface area contributed by atoms with Crippen molar-refractivity contribution >= 4 is 34.9 Å². The number of halogens is 1. The van der Waals surface area contributed by atoms with Crippen LogP contribution in [-0.4, -0.2) is 77.5 Å². The topological polar surface area (TPSA) is 98.7 Å². The lowest BCUT2D eigenvalue weighted by Gasteiger charge is -2.38. The van der Waals surface area contributed by atoms with Crippen molar-refractivity contribution in [1.29, 1.82) is 0 Å². The molecule has 10 nitrogen and oxygen atoms in total. The zero-order chi connectivity index (χ0) is 33.4. The Kier molecular flexibility index (Phi) is 9.64. The van der Waals surface area contributed by atoms with Crippen LogP contribution in [0, 0.1) is 5.92 Å². The standard InChI is InChI=1S/C36H44ClN5O5/c1-22(2)47-32-18-30-26(16-31(32)46-5)17-34(43)41(36(30)25-8-10-27(37)11-9-25)29-14-15-33(38-19-29)39(4)20-24-6-12-28(13-7-24)40-21-35(44)42(45)23(40)3/h8-11,14-16,18-19,22-24,28,36,45H,6-7,12-13,17,20-21H2,1-5H3/t23?,24?,28?,36-/m0/s1. The highest BCUT2D eigenvalue weighted by atomic mass is 35.5. The molecule has 0 bridgehead atoms. The van der Waals surface area contributed by atoms with Crippen LogP contribution in [0.15, 0.2) is 54.7 Å². The minimum absolute atomic E-state index is 0.0324. The Balaban J connectivity index is 1.20. The third-order valence-corrected chi connectivity index (χ3v) is 10.0. The SMILES string of the molecule is COc1cc2c(cc1OC(C)C)[C@H](c1ccc(Cl)cc1)N(c1ccc(N(C)CC3CCC(N4CC(=O)N(O)C4C)CC3)nc1)C(=O)C2. The summed E-state index contributed by atoms with van der Waals surface area (Å²) >= 11 is 6.27. The predicted octanol–water partition coefficient (Wildman–Crippen LogP) is 6.08. The highest BCUT2D eigenvalue weighted by Gasteiger charge is 2.40. The predicted molar refractivity (Wildman–Crippen MR) is 181 cm³/mol. The first-order chi connectivity index (χ1) is 22.5. The number of hydrogen-bond acceptors (Lipinski definition) is 8. The van der Waals surface area contributed by atoms with Gasteiger partial charge in [0.25, 0.3) is 5.91 Å². The number of anilines is 2. The molecule has 2 aromatic carbocycles. The van der Waals surface area contributed by atoms with Gasteiger partial charge >= 0.3 is 0 Å². The molecule has 1 saturated carbocycles. The van der Waals surface area contributed by atoms with E-state index in [1.54, 1.807) is 13.3 Å². The first kappa shape index (κ1) is 33.1. The van der Waals surface area contributed by atoms with Gasteiger partial charge in [-0.15, -0.1) is 0 Å². The van der Waals surface area contributed by atoms with Crippen molar-refractivity contribution in [2.75, 3.05) is 37.0 Å². The molecule has 250 valence electrons. The van der Waals surface area contributed by atoms with Gasteiger partial charge in [0.05, 0.1) is 44.1 Å². The molecule has 2 fully saturated rings. The van der Waals surface area contributed by atoms with E-state index in [0.29, 0.717) is 34.2 Å². The van der Waals surface area contributed by atoms with Crippen molar-refractivity contribution in [3.05, 3.63) is 76.4 Å². The number of hydrogen-bond donors (Lipinski definition) is 1. The van der Waals surface area contributed by atoms with Gasteiger partial charge in [0, 0.05) is 24.7 Å². The number of pyridine rings is 1. The van der Waals surface area contributed by atoms with E-state index in [2.05, 4.69) is 16.8 Å². The lowest BCUT2D eigenvalue weighted by molar-refractivity contribution is -0.168. The number of methoxy groups -OCH3 is 1. The average molecular weight is 662 g/mol. The van der Waals surface area contributed by atoms with Crippen LogP contribution in [-0.2, 0) is 16.0 Å². The Bertz CT molecular complexity index is 1590. The lowest BCUT2D eigenvalue weighted by atomic mass is 9.85. The molecule has 1 aliphatic carbocycles. The summed E-state index contributed by atoms with van der Waals surface area (Å²) in [4.78, 5) is 36.8. The van der Waals surface area contributed by atoms with Crippen molar-refractivity contribution in [1.82, 2.24) is 14.9 Å². The van der Waals surface area contributed by atoms with E-state index in [-0.39, 0.29) is 37.0 Å². The maximum absolute atomic E-state index is 13.9. The molecule has 6 rings (SSSR count). The smallest absolute Gasteiger partial charge is 0.261 e. The van der Waals surface area contributed by atoms with Crippen molar-refractivity contribution in [2.24, 2.45) is 5.92 Å². The summed E-state index contributed by atoms with van der Waals surface area (Å²) in [6.45, 7) is 6.98. The zero-order valence-electron chi connectivity index (χ0n) is 27.7. The fourth-order valence-electron chi connectivity index (χ4n) is 7.36. The molecular weight excluding hydrogens is 618 g/mol. The Morgan fingerprint density at radius 1 is 1.02 bits per heavy atom. The largest absolute Gasteiger partial charge is 0.493 e. The molecule has 2 atom stereocenters. The molecule has 1 unspecified atom stereocenters. The van der Waals surface area contributed by atoms with Crippen LogP contribution in [0.1, 0.15) is 69.2 Å². The molecular formula is C36H44ClN5O5. The van der Waals surface area contributed by atoms with Gasteiger partial charge in [-0.1, -0.05) is 23.7 Å². The van der Waals surface area contributed by atoms with E-state index in [1.165, 1.54) is 0 Å². The summed E-state index contributed by atoms with van der Waals surface area (Å²) in [5, 5.41) is 11.4. The number of benzene rings is 2. The van der Waals surface area contributed by atoms with Crippen molar-refractivity contribution in [3.63, 3.8) is 0 Å². The van der Waals surface area contributed by atoms with Gasteiger partial charge in [0.15, 0.2) is 11.5 Å². The second-order valence-electron chi connectivity index (χ2n) is 13.2. The van der Waals surface area contributed by atoms with Crippen LogP contribution in [0.3, 0.4) is 0 Å². The zero-order valence-corrected chi connectivity index (χ0v) is 28.5. The molecule has 2 amide bonds. The van der Waals surface area contributed by atoms with Gasteiger partial charge in [-0.25, -0.2) is 10.0 Å². The molecule has 1 saturated heterocycles. The first-order valence-corrected chi connectivity index (χ1v) is 16.8. The molecule has 3 aromatic rings. The summed E-state index contributed by atoms with van der Waals surface area (Å²) in [5.74, 6) is 2.33.